The summed E-state index contributed by atoms with van der Waals surface area (Å²) in [4.78, 5) is 31.3. The molecule has 162 valence electrons. The number of benzene rings is 1. The fraction of sp³-hybridized carbons (Fsp3) is 0.391. The quantitative estimate of drug-likeness (QED) is 0.684. The summed E-state index contributed by atoms with van der Waals surface area (Å²) in [5, 5.41) is 11.6. The smallest absolute Gasteiger partial charge is 0.309 e. The first-order valence-corrected chi connectivity index (χ1v) is 10.4. The van der Waals surface area contributed by atoms with Gasteiger partial charge in [-0.25, -0.2) is 4.98 Å². The van der Waals surface area contributed by atoms with E-state index in [0.717, 1.165) is 11.6 Å². The van der Waals surface area contributed by atoms with Gasteiger partial charge in [-0.3, -0.25) is 9.59 Å². The zero-order valence-electron chi connectivity index (χ0n) is 17.7. The molecule has 8 nitrogen and oxygen atoms in total. The number of nitriles is 1. The molecular weight excluding hydrogens is 396 g/mol. The van der Waals surface area contributed by atoms with Gasteiger partial charge in [0.2, 0.25) is 0 Å². The second kappa shape index (κ2) is 10.4. The van der Waals surface area contributed by atoms with Gasteiger partial charge in [0.15, 0.2) is 6.10 Å². The minimum absolute atomic E-state index is 0.254. The summed E-state index contributed by atoms with van der Waals surface area (Å²) in [6.07, 6.45) is 1.89. The Bertz CT molecular complexity index is 930. The fourth-order valence-electron chi connectivity index (χ4n) is 3.35. The molecule has 1 atom stereocenters. The van der Waals surface area contributed by atoms with Crippen LogP contribution in [0.15, 0.2) is 42.6 Å². The molecule has 1 saturated heterocycles. The van der Waals surface area contributed by atoms with E-state index in [1.54, 1.807) is 43.5 Å². The molecule has 2 aromatic rings. The molecule has 31 heavy (non-hydrogen) atoms. The summed E-state index contributed by atoms with van der Waals surface area (Å²) in [6, 6.07) is 12.6. The molecule has 0 aliphatic carbocycles. The van der Waals surface area contributed by atoms with E-state index in [-0.39, 0.29) is 17.8 Å². The number of amides is 1. The molecule has 1 aliphatic rings. The van der Waals surface area contributed by atoms with Crippen LogP contribution in [-0.2, 0) is 14.3 Å². The average molecular weight is 422 g/mol. The molecule has 0 saturated carbocycles. The molecule has 3 rings (SSSR count). The van der Waals surface area contributed by atoms with Crippen molar-refractivity contribution in [2.75, 3.05) is 29.9 Å². The second-order valence-corrected chi connectivity index (χ2v) is 7.30. The van der Waals surface area contributed by atoms with Crippen LogP contribution < -0.4 is 15.0 Å². The van der Waals surface area contributed by atoms with Crippen molar-refractivity contribution in [1.29, 1.82) is 5.26 Å². The van der Waals surface area contributed by atoms with Crippen molar-refractivity contribution < 1.29 is 19.1 Å². The number of carbonyl (C=O) groups is 2. The highest BCUT2D eigenvalue weighted by Crippen LogP contribution is 2.23. The summed E-state index contributed by atoms with van der Waals surface area (Å²) in [5.41, 5.74) is 1.12. The van der Waals surface area contributed by atoms with Gasteiger partial charge in [0.1, 0.15) is 17.6 Å². The predicted octanol–water partition coefficient (Wildman–Crippen LogP) is 3.14. The highest BCUT2D eigenvalue weighted by Gasteiger charge is 2.29. The van der Waals surface area contributed by atoms with Crippen molar-refractivity contribution >= 4 is 23.4 Å². The number of hydrogen-bond donors (Lipinski definition) is 1. The zero-order chi connectivity index (χ0) is 22.2. The first kappa shape index (κ1) is 22.1. The molecule has 8 heteroatoms. The Hall–Kier alpha value is -3.60. The number of hydrogen-bond acceptors (Lipinski definition) is 7. The lowest BCUT2D eigenvalue weighted by Gasteiger charge is -2.32. The second-order valence-electron chi connectivity index (χ2n) is 7.30. The number of anilines is 2. The minimum Gasteiger partial charge on any atom is -0.494 e. The van der Waals surface area contributed by atoms with Crippen molar-refractivity contribution in [2.24, 2.45) is 5.92 Å². The maximum Gasteiger partial charge on any atom is 0.309 e. The van der Waals surface area contributed by atoms with E-state index in [9.17, 15) is 9.59 Å². The van der Waals surface area contributed by atoms with Crippen LogP contribution >= 0.6 is 0 Å². The molecule has 0 spiro atoms. The Labute approximate surface area is 181 Å². The number of piperidine rings is 1. The van der Waals surface area contributed by atoms with Crippen LogP contribution in [0, 0.1) is 17.2 Å². The molecular formula is C23H26N4O4. The van der Waals surface area contributed by atoms with Crippen LogP contribution in [-0.4, -0.2) is 42.7 Å². The highest BCUT2D eigenvalue weighted by molar-refractivity contribution is 5.95. The summed E-state index contributed by atoms with van der Waals surface area (Å²) < 4.78 is 10.8. The van der Waals surface area contributed by atoms with Crippen LogP contribution in [0.25, 0.3) is 0 Å². The normalized spacial score (nSPS) is 14.9. The topological polar surface area (TPSA) is 105 Å². The summed E-state index contributed by atoms with van der Waals surface area (Å²) in [5.74, 6) is 0.519. The van der Waals surface area contributed by atoms with E-state index in [1.165, 1.54) is 0 Å². The Kier molecular flexibility index (Phi) is 7.44. The van der Waals surface area contributed by atoms with E-state index in [2.05, 4.69) is 15.2 Å². The van der Waals surface area contributed by atoms with Gasteiger partial charge >= 0.3 is 5.97 Å². The lowest BCUT2D eigenvalue weighted by atomic mass is 9.97. The number of nitrogens with zero attached hydrogens (tertiary/aromatic N) is 3. The summed E-state index contributed by atoms with van der Waals surface area (Å²) in [7, 11) is 0. The number of esters is 1. The Morgan fingerprint density at radius 1 is 1.23 bits per heavy atom. The van der Waals surface area contributed by atoms with Crippen molar-refractivity contribution in [2.45, 2.75) is 32.8 Å². The van der Waals surface area contributed by atoms with E-state index < -0.39 is 6.10 Å². The third-order valence-corrected chi connectivity index (χ3v) is 5.12. The van der Waals surface area contributed by atoms with Crippen molar-refractivity contribution in [1.82, 2.24) is 4.98 Å². The molecule has 1 aromatic carbocycles. The van der Waals surface area contributed by atoms with Gasteiger partial charge in [-0.1, -0.05) is 0 Å². The molecule has 2 heterocycles. The van der Waals surface area contributed by atoms with E-state index in [0.29, 0.717) is 43.8 Å². The lowest BCUT2D eigenvalue weighted by molar-refractivity contribution is -0.157. The van der Waals surface area contributed by atoms with Crippen LogP contribution in [0.5, 0.6) is 5.75 Å². The number of nitrogens with one attached hydrogen (secondary N) is 1. The molecule has 0 bridgehead atoms. The van der Waals surface area contributed by atoms with E-state index in [4.69, 9.17) is 14.7 Å². The molecule has 1 fully saturated rings. The third kappa shape index (κ3) is 5.95. The Morgan fingerprint density at radius 3 is 2.52 bits per heavy atom. The van der Waals surface area contributed by atoms with Gasteiger partial charge in [-0.15, -0.1) is 0 Å². The molecule has 1 aliphatic heterocycles. The molecule has 1 unspecified atom stereocenters. The summed E-state index contributed by atoms with van der Waals surface area (Å²) >= 11 is 0. The average Bonchev–Trinajstić information content (AvgIpc) is 2.80. The van der Waals surface area contributed by atoms with E-state index >= 15 is 0 Å². The third-order valence-electron chi connectivity index (χ3n) is 5.12. The Balaban J connectivity index is 1.46. The van der Waals surface area contributed by atoms with E-state index in [1.807, 2.05) is 19.1 Å². The van der Waals surface area contributed by atoms with Crippen LogP contribution in [0.1, 0.15) is 32.3 Å². The fourth-order valence-corrected chi connectivity index (χ4v) is 3.35. The number of aromatic nitrogens is 1. The molecule has 1 N–H and O–H groups in total. The molecule has 1 amide bonds. The first-order chi connectivity index (χ1) is 15.0. The molecule has 0 radical (unpaired) electrons. The van der Waals surface area contributed by atoms with Crippen molar-refractivity contribution in [3.8, 4) is 11.8 Å². The van der Waals surface area contributed by atoms with Gasteiger partial charge in [0.05, 0.1) is 18.1 Å². The maximum absolute atomic E-state index is 12.5. The van der Waals surface area contributed by atoms with Gasteiger partial charge in [0, 0.05) is 25.0 Å². The van der Waals surface area contributed by atoms with Gasteiger partial charge in [-0.05, 0) is 63.1 Å². The highest BCUT2D eigenvalue weighted by atomic mass is 16.5. The van der Waals surface area contributed by atoms with Crippen molar-refractivity contribution in [3.05, 3.63) is 48.2 Å². The monoisotopic (exact) mass is 422 g/mol. The maximum atomic E-state index is 12.5. The van der Waals surface area contributed by atoms with Crippen LogP contribution in [0.4, 0.5) is 11.5 Å². The van der Waals surface area contributed by atoms with Crippen molar-refractivity contribution in [3.63, 3.8) is 0 Å². The predicted molar refractivity (Wildman–Crippen MR) is 116 cm³/mol. The number of ether oxygens (including phenoxy) is 2. The Morgan fingerprint density at radius 2 is 1.94 bits per heavy atom. The first-order valence-electron chi connectivity index (χ1n) is 10.4. The van der Waals surface area contributed by atoms with Gasteiger partial charge in [-0.2, -0.15) is 5.26 Å². The standard InChI is InChI=1S/C23H26N4O4/c1-3-30-20-7-5-19(6-8-20)26-22(28)16(2)31-23(29)18-10-12-27(13-11-18)21-9-4-17(14-24)15-25-21/h4-9,15-16,18H,3,10-13H2,1-2H3,(H,26,28). The molecule has 1 aromatic heterocycles. The minimum atomic E-state index is -0.891. The SMILES string of the molecule is CCOc1ccc(NC(=O)C(C)OC(=O)C2CCN(c3ccc(C#N)cn3)CC2)cc1. The zero-order valence-corrected chi connectivity index (χ0v) is 17.7. The summed E-state index contributed by atoms with van der Waals surface area (Å²) in [6.45, 7) is 5.36. The van der Waals surface area contributed by atoms with Gasteiger partial charge < -0.3 is 19.7 Å². The lowest BCUT2D eigenvalue weighted by Crippen LogP contribution is -2.39. The number of pyridine rings is 1. The number of carbonyl (C=O) groups excluding carboxylic acids is 2. The van der Waals surface area contributed by atoms with Crippen LogP contribution in [0.3, 0.4) is 0 Å². The largest absolute Gasteiger partial charge is 0.494 e. The van der Waals surface area contributed by atoms with Crippen LogP contribution in [0.2, 0.25) is 0 Å². The van der Waals surface area contributed by atoms with Gasteiger partial charge in [0.25, 0.3) is 5.91 Å². The number of rotatable bonds is 7.